The summed E-state index contributed by atoms with van der Waals surface area (Å²) in [5.41, 5.74) is 5.71. The largest absolute Gasteiger partial charge is 0.329 e. The molecule has 0 saturated carbocycles. The highest BCUT2D eigenvalue weighted by molar-refractivity contribution is 8.18. The molecule has 2 N–H and O–H groups in total. The van der Waals surface area contributed by atoms with Crippen LogP contribution in [0.1, 0.15) is 11.1 Å². The van der Waals surface area contributed by atoms with E-state index in [1.807, 2.05) is 0 Å². The van der Waals surface area contributed by atoms with Crippen molar-refractivity contribution in [1.82, 2.24) is 4.90 Å². The van der Waals surface area contributed by atoms with Gasteiger partial charge in [-0.3, -0.25) is 14.5 Å². The molecule has 1 aliphatic rings. The molecule has 0 atom stereocenters. The van der Waals surface area contributed by atoms with Gasteiger partial charge in [-0.15, -0.1) is 0 Å². The number of carbonyl (C=O) groups is 2. The van der Waals surface area contributed by atoms with Gasteiger partial charge in [-0.2, -0.15) is 5.26 Å². The Morgan fingerprint density at radius 1 is 1.45 bits per heavy atom. The lowest BCUT2D eigenvalue weighted by Crippen LogP contribution is -2.33. The fourth-order valence-electron chi connectivity index (χ4n) is 1.69. The van der Waals surface area contributed by atoms with Crippen LogP contribution in [0.15, 0.2) is 23.1 Å². The minimum Gasteiger partial charge on any atom is -0.329 e. The molecule has 0 aromatic heterocycles. The highest BCUT2D eigenvalue weighted by atomic mass is 32.2. The topological polar surface area (TPSA) is 87.2 Å². The second-order valence-corrected chi connectivity index (χ2v) is 4.97. The first-order valence-electron chi connectivity index (χ1n) is 5.72. The van der Waals surface area contributed by atoms with Crippen molar-refractivity contribution >= 4 is 29.0 Å². The minimum atomic E-state index is -0.624. The van der Waals surface area contributed by atoms with E-state index in [4.69, 9.17) is 11.0 Å². The van der Waals surface area contributed by atoms with Crippen molar-refractivity contribution in [1.29, 1.82) is 5.26 Å². The van der Waals surface area contributed by atoms with Crippen molar-refractivity contribution in [2.24, 2.45) is 5.73 Å². The van der Waals surface area contributed by atoms with Crippen LogP contribution in [-0.2, 0) is 4.79 Å². The van der Waals surface area contributed by atoms with Crippen molar-refractivity contribution in [2.45, 2.75) is 0 Å². The van der Waals surface area contributed by atoms with Crippen LogP contribution in [0.25, 0.3) is 6.08 Å². The van der Waals surface area contributed by atoms with E-state index in [0.717, 1.165) is 22.7 Å². The van der Waals surface area contributed by atoms with Gasteiger partial charge in [-0.1, -0.05) is 6.07 Å². The number of halogens is 1. The molecule has 0 radical (unpaired) electrons. The standard InChI is InChI=1S/C13H10FN3O2S/c14-10-2-1-8(5-9(10)7-16)6-11-12(18)17(4-3-15)13(19)20-11/h1-2,5-6H,3-4,15H2/b11-6+. The maximum Gasteiger partial charge on any atom is 0.293 e. The molecule has 0 bridgehead atoms. The Morgan fingerprint density at radius 2 is 2.20 bits per heavy atom. The summed E-state index contributed by atoms with van der Waals surface area (Å²) in [6, 6.07) is 5.63. The van der Waals surface area contributed by atoms with Crippen molar-refractivity contribution in [3.8, 4) is 6.07 Å². The van der Waals surface area contributed by atoms with Crippen LogP contribution in [0.2, 0.25) is 0 Å². The summed E-state index contributed by atoms with van der Waals surface area (Å²) in [7, 11) is 0. The summed E-state index contributed by atoms with van der Waals surface area (Å²) < 4.78 is 13.2. The van der Waals surface area contributed by atoms with Crippen LogP contribution in [0.5, 0.6) is 0 Å². The van der Waals surface area contributed by atoms with E-state index in [1.165, 1.54) is 18.2 Å². The maximum absolute atomic E-state index is 13.2. The van der Waals surface area contributed by atoms with Crippen LogP contribution in [0.4, 0.5) is 9.18 Å². The molecule has 1 heterocycles. The van der Waals surface area contributed by atoms with Gasteiger partial charge in [0.1, 0.15) is 11.9 Å². The van der Waals surface area contributed by atoms with Gasteiger partial charge in [0, 0.05) is 13.1 Å². The first kappa shape index (κ1) is 14.2. The normalized spacial score (nSPS) is 16.9. The highest BCUT2D eigenvalue weighted by Crippen LogP contribution is 2.32. The van der Waals surface area contributed by atoms with Crippen LogP contribution in [0, 0.1) is 17.1 Å². The molecule has 5 nitrogen and oxygen atoms in total. The molecule has 102 valence electrons. The van der Waals surface area contributed by atoms with Gasteiger partial charge in [0.05, 0.1) is 10.5 Å². The molecule has 0 aliphatic carbocycles. The zero-order valence-electron chi connectivity index (χ0n) is 10.3. The van der Waals surface area contributed by atoms with Crippen LogP contribution < -0.4 is 5.73 Å². The Bertz CT molecular complexity index is 652. The van der Waals surface area contributed by atoms with Crippen LogP contribution in [-0.4, -0.2) is 29.1 Å². The molecule has 1 saturated heterocycles. The number of nitrogens with zero attached hydrogens (tertiary/aromatic N) is 2. The maximum atomic E-state index is 13.2. The summed E-state index contributed by atoms with van der Waals surface area (Å²) in [4.78, 5) is 24.9. The average Bonchev–Trinajstić information content (AvgIpc) is 2.69. The van der Waals surface area contributed by atoms with Crippen molar-refractivity contribution in [2.75, 3.05) is 13.1 Å². The molecule has 1 fully saturated rings. The Morgan fingerprint density at radius 3 is 2.85 bits per heavy atom. The molecule has 0 spiro atoms. The molecule has 2 rings (SSSR count). The lowest BCUT2D eigenvalue weighted by Gasteiger charge is -2.09. The Hall–Kier alpha value is -2.17. The number of hydrogen-bond acceptors (Lipinski definition) is 5. The number of nitriles is 1. The van der Waals surface area contributed by atoms with E-state index in [-0.39, 0.29) is 28.8 Å². The predicted molar refractivity (Wildman–Crippen MR) is 72.8 cm³/mol. The number of rotatable bonds is 3. The zero-order valence-corrected chi connectivity index (χ0v) is 11.1. The Kier molecular flexibility index (Phi) is 4.17. The fraction of sp³-hybridized carbons (Fsp3) is 0.154. The van der Waals surface area contributed by atoms with E-state index in [2.05, 4.69) is 0 Å². The molecule has 20 heavy (non-hydrogen) atoms. The molecule has 1 aromatic carbocycles. The number of imide groups is 1. The third kappa shape index (κ3) is 2.71. The van der Waals surface area contributed by atoms with Gasteiger partial charge in [0.2, 0.25) is 0 Å². The van der Waals surface area contributed by atoms with Crippen LogP contribution >= 0.6 is 11.8 Å². The number of hydrogen-bond donors (Lipinski definition) is 1. The zero-order chi connectivity index (χ0) is 14.7. The Labute approximate surface area is 118 Å². The molecule has 1 aromatic rings. The van der Waals surface area contributed by atoms with Gasteiger partial charge in [-0.25, -0.2) is 4.39 Å². The third-order valence-corrected chi connectivity index (χ3v) is 3.54. The molecule has 7 heteroatoms. The molecular weight excluding hydrogens is 281 g/mol. The van der Waals surface area contributed by atoms with Gasteiger partial charge in [0.15, 0.2) is 0 Å². The SMILES string of the molecule is N#Cc1cc(/C=C2/SC(=O)N(CCN)C2=O)ccc1F. The summed E-state index contributed by atoms with van der Waals surface area (Å²) >= 11 is 0.801. The second kappa shape index (κ2) is 5.86. The van der Waals surface area contributed by atoms with Gasteiger partial charge < -0.3 is 5.73 Å². The monoisotopic (exact) mass is 291 g/mol. The number of nitrogens with two attached hydrogens (primary N) is 1. The van der Waals surface area contributed by atoms with E-state index >= 15 is 0 Å². The third-order valence-electron chi connectivity index (χ3n) is 2.63. The smallest absolute Gasteiger partial charge is 0.293 e. The van der Waals surface area contributed by atoms with E-state index in [0.29, 0.717) is 5.56 Å². The Balaban J connectivity index is 2.31. The number of benzene rings is 1. The first-order valence-corrected chi connectivity index (χ1v) is 6.53. The summed E-state index contributed by atoms with van der Waals surface area (Å²) in [6.07, 6.45) is 1.46. The molecular formula is C13H10FN3O2S. The summed E-state index contributed by atoms with van der Waals surface area (Å²) in [6.45, 7) is 0.356. The van der Waals surface area contributed by atoms with Gasteiger partial charge in [0.25, 0.3) is 11.1 Å². The van der Waals surface area contributed by atoms with Gasteiger partial charge in [-0.05, 0) is 35.5 Å². The second-order valence-electron chi connectivity index (χ2n) is 3.97. The van der Waals surface area contributed by atoms with Crippen molar-refractivity contribution in [3.63, 3.8) is 0 Å². The van der Waals surface area contributed by atoms with E-state index < -0.39 is 11.7 Å². The van der Waals surface area contributed by atoms with Crippen molar-refractivity contribution in [3.05, 3.63) is 40.0 Å². The summed E-state index contributed by atoms with van der Waals surface area (Å²) in [5.74, 6) is -1.05. The first-order chi connectivity index (χ1) is 9.56. The number of carbonyl (C=O) groups excluding carboxylic acids is 2. The van der Waals surface area contributed by atoms with E-state index in [1.54, 1.807) is 6.07 Å². The molecule has 1 aliphatic heterocycles. The fourth-order valence-corrected chi connectivity index (χ4v) is 2.56. The average molecular weight is 291 g/mol. The number of amides is 2. The number of thioether (sulfide) groups is 1. The lowest BCUT2D eigenvalue weighted by atomic mass is 10.1. The van der Waals surface area contributed by atoms with E-state index in [9.17, 15) is 14.0 Å². The lowest BCUT2D eigenvalue weighted by molar-refractivity contribution is -0.122. The summed E-state index contributed by atoms with van der Waals surface area (Å²) in [5, 5.41) is 8.37. The van der Waals surface area contributed by atoms with Crippen LogP contribution in [0.3, 0.4) is 0 Å². The molecule has 2 amide bonds. The molecule has 0 unspecified atom stereocenters. The highest BCUT2D eigenvalue weighted by Gasteiger charge is 2.34. The van der Waals surface area contributed by atoms with Gasteiger partial charge >= 0.3 is 0 Å². The van der Waals surface area contributed by atoms with Crippen molar-refractivity contribution < 1.29 is 14.0 Å². The predicted octanol–water partition coefficient (Wildman–Crippen LogP) is 1.69. The quantitative estimate of drug-likeness (QED) is 0.856. The minimum absolute atomic E-state index is 0.111.